The summed E-state index contributed by atoms with van der Waals surface area (Å²) < 4.78 is 0. The molecular formula is C16H13ClN2. The molecule has 0 saturated carbocycles. The fourth-order valence-corrected chi connectivity index (χ4v) is 2.75. The number of anilines is 1. The van der Waals surface area contributed by atoms with Crippen molar-refractivity contribution in [2.45, 2.75) is 18.4 Å². The molecule has 0 radical (unpaired) electrons. The van der Waals surface area contributed by atoms with Crippen molar-refractivity contribution in [1.29, 1.82) is 5.26 Å². The molecule has 3 heteroatoms. The Balaban J connectivity index is 1.87. The Bertz CT molecular complexity index is 616. The first-order valence-corrected chi connectivity index (χ1v) is 6.60. The number of fused-ring (bicyclic) bond motifs is 1. The number of hydrogen-bond donors (Lipinski definition) is 1. The highest BCUT2D eigenvalue weighted by Crippen LogP contribution is 2.32. The highest BCUT2D eigenvalue weighted by Gasteiger charge is 2.37. The fraction of sp³-hybridized carbons (Fsp3) is 0.188. The first-order valence-electron chi connectivity index (χ1n) is 6.23. The van der Waals surface area contributed by atoms with Gasteiger partial charge in [-0.2, -0.15) is 5.26 Å². The van der Waals surface area contributed by atoms with E-state index in [1.165, 1.54) is 11.1 Å². The lowest BCUT2D eigenvalue weighted by Gasteiger charge is -2.23. The van der Waals surface area contributed by atoms with Crippen LogP contribution in [-0.4, -0.2) is 5.54 Å². The van der Waals surface area contributed by atoms with Gasteiger partial charge in [0.25, 0.3) is 0 Å². The zero-order valence-corrected chi connectivity index (χ0v) is 11.1. The molecular weight excluding hydrogens is 256 g/mol. The monoisotopic (exact) mass is 268 g/mol. The molecule has 0 aliphatic heterocycles. The van der Waals surface area contributed by atoms with Crippen molar-refractivity contribution < 1.29 is 0 Å². The number of benzene rings is 2. The molecule has 0 spiro atoms. The van der Waals surface area contributed by atoms with Crippen molar-refractivity contribution in [1.82, 2.24) is 0 Å². The average Bonchev–Trinajstić information content (AvgIpc) is 2.80. The Kier molecular flexibility index (Phi) is 2.93. The summed E-state index contributed by atoms with van der Waals surface area (Å²) in [5, 5.41) is 13.6. The minimum absolute atomic E-state index is 0.544. The van der Waals surface area contributed by atoms with Crippen LogP contribution in [0.4, 0.5) is 5.69 Å². The largest absolute Gasteiger partial charge is 0.367 e. The summed E-state index contributed by atoms with van der Waals surface area (Å²) in [6.07, 6.45) is 1.48. The lowest BCUT2D eigenvalue weighted by Crippen LogP contribution is -2.37. The van der Waals surface area contributed by atoms with Crippen LogP contribution in [0.5, 0.6) is 0 Å². The molecule has 0 aromatic heterocycles. The Morgan fingerprint density at radius 2 is 1.58 bits per heavy atom. The minimum Gasteiger partial charge on any atom is -0.367 e. The van der Waals surface area contributed by atoms with Crippen LogP contribution in [0.25, 0.3) is 0 Å². The first kappa shape index (κ1) is 12.1. The third kappa shape index (κ3) is 2.30. The number of hydrogen-bond acceptors (Lipinski definition) is 2. The first-order chi connectivity index (χ1) is 9.21. The van der Waals surface area contributed by atoms with Gasteiger partial charge in [0.15, 0.2) is 0 Å². The van der Waals surface area contributed by atoms with Crippen LogP contribution in [0, 0.1) is 11.3 Å². The van der Waals surface area contributed by atoms with Crippen molar-refractivity contribution >= 4 is 17.3 Å². The van der Waals surface area contributed by atoms with Gasteiger partial charge < -0.3 is 5.32 Å². The van der Waals surface area contributed by atoms with Crippen LogP contribution in [-0.2, 0) is 12.8 Å². The van der Waals surface area contributed by atoms with Gasteiger partial charge in [-0.15, -0.1) is 0 Å². The van der Waals surface area contributed by atoms with Gasteiger partial charge in [-0.1, -0.05) is 35.9 Å². The molecule has 19 heavy (non-hydrogen) atoms. The lowest BCUT2D eigenvalue weighted by molar-refractivity contribution is 0.628. The van der Waals surface area contributed by atoms with Crippen LogP contribution < -0.4 is 5.32 Å². The van der Waals surface area contributed by atoms with Gasteiger partial charge in [0.2, 0.25) is 0 Å². The van der Waals surface area contributed by atoms with Crippen LogP contribution in [0.1, 0.15) is 11.1 Å². The van der Waals surface area contributed by atoms with Gasteiger partial charge in [0, 0.05) is 23.6 Å². The summed E-state index contributed by atoms with van der Waals surface area (Å²) in [5.74, 6) is 0. The van der Waals surface area contributed by atoms with E-state index in [9.17, 15) is 5.26 Å². The third-order valence-corrected chi connectivity index (χ3v) is 3.80. The number of nitrogens with zero attached hydrogens (tertiary/aromatic N) is 1. The van der Waals surface area contributed by atoms with Crippen LogP contribution in [0.2, 0.25) is 5.02 Å². The number of nitriles is 1. The summed E-state index contributed by atoms with van der Waals surface area (Å²) in [5.41, 5.74) is 2.90. The molecule has 3 rings (SSSR count). The second-order valence-electron chi connectivity index (χ2n) is 4.95. The maximum atomic E-state index is 9.57. The van der Waals surface area contributed by atoms with Crippen molar-refractivity contribution in [2.24, 2.45) is 0 Å². The van der Waals surface area contributed by atoms with E-state index in [0.29, 0.717) is 5.02 Å². The molecule has 0 amide bonds. The summed E-state index contributed by atoms with van der Waals surface area (Å²) in [6.45, 7) is 0. The maximum absolute atomic E-state index is 9.57. The highest BCUT2D eigenvalue weighted by molar-refractivity contribution is 6.30. The standard InChI is InChI=1S/C16H13ClN2/c17-14-5-7-15(8-6-14)19-16(11-18)9-12-3-1-2-4-13(12)10-16/h1-8,19H,9-10H2. The predicted molar refractivity (Wildman–Crippen MR) is 77.3 cm³/mol. The molecule has 0 fully saturated rings. The van der Waals surface area contributed by atoms with Gasteiger partial charge in [0.05, 0.1) is 6.07 Å². The molecule has 1 N–H and O–H groups in total. The van der Waals surface area contributed by atoms with Crippen LogP contribution >= 0.6 is 11.6 Å². The molecule has 0 saturated heterocycles. The molecule has 1 aliphatic carbocycles. The van der Waals surface area contributed by atoms with Gasteiger partial charge in [-0.25, -0.2) is 0 Å². The summed E-state index contributed by atoms with van der Waals surface area (Å²) >= 11 is 5.88. The van der Waals surface area contributed by atoms with Gasteiger partial charge in [-0.3, -0.25) is 0 Å². The van der Waals surface area contributed by atoms with Crippen molar-refractivity contribution in [3.63, 3.8) is 0 Å². The molecule has 0 bridgehead atoms. The number of halogens is 1. The van der Waals surface area contributed by atoms with E-state index in [2.05, 4.69) is 23.5 Å². The predicted octanol–water partition coefficient (Wildman–Crippen LogP) is 3.81. The molecule has 0 atom stereocenters. The summed E-state index contributed by atoms with van der Waals surface area (Å²) in [4.78, 5) is 0. The van der Waals surface area contributed by atoms with Crippen LogP contribution in [0.15, 0.2) is 48.5 Å². The topological polar surface area (TPSA) is 35.8 Å². The second-order valence-corrected chi connectivity index (χ2v) is 5.38. The van der Waals surface area contributed by atoms with Gasteiger partial charge >= 0.3 is 0 Å². The van der Waals surface area contributed by atoms with E-state index in [-0.39, 0.29) is 0 Å². The van der Waals surface area contributed by atoms with Gasteiger partial charge in [0.1, 0.15) is 5.54 Å². The Morgan fingerprint density at radius 1 is 1.00 bits per heavy atom. The van der Waals surface area contributed by atoms with E-state index in [0.717, 1.165) is 18.5 Å². The SMILES string of the molecule is N#CC1(Nc2ccc(Cl)cc2)Cc2ccccc2C1. The quantitative estimate of drug-likeness (QED) is 0.899. The van der Waals surface area contributed by atoms with E-state index in [1.54, 1.807) is 0 Å². The fourth-order valence-electron chi connectivity index (χ4n) is 2.62. The summed E-state index contributed by atoms with van der Waals surface area (Å²) in [6, 6.07) is 18.2. The lowest BCUT2D eigenvalue weighted by atomic mass is 9.97. The molecule has 1 aliphatic rings. The Labute approximate surface area is 117 Å². The molecule has 94 valence electrons. The zero-order valence-electron chi connectivity index (χ0n) is 10.4. The van der Waals surface area contributed by atoms with E-state index in [1.807, 2.05) is 36.4 Å². The Morgan fingerprint density at radius 3 is 2.11 bits per heavy atom. The van der Waals surface area contributed by atoms with Crippen molar-refractivity contribution in [3.05, 3.63) is 64.7 Å². The number of nitrogens with one attached hydrogen (secondary N) is 1. The summed E-state index contributed by atoms with van der Waals surface area (Å²) in [7, 11) is 0. The smallest absolute Gasteiger partial charge is 0.133 e. The molecule has 2 aromatic rings. The van der Waals surface area contributed by atoms with E-state index in [4.69, 9.17) is 11.6 Å². The van der Waals surface area contributed by atoms with E-state index < -0.39 is 5.54 Å². The highest BCUT2D eigenvalue weighted by atomic mass is 35.5. The minimum atomic E-state index is -0.544. The maximum Gasteiger partial charge on any atom is 0.133 e. The third-order valence-electron chi connectivity index (χ3n) is 3.54. The number of rotatable bonds is 2. The molecule has 0 unspecified atom stereocenters. The molecule has 0 heterocycles. The van der Waals surface area contributed by atoms with E-state index >= 15 is 0 Å². The molecule has 2 aromatic carbocycles. The second kappa shape index (κ2) is 4.60. The zero-order chi connectivity index (χ0) is 13.3. The normalized spacial score (nSPS) is 15.6. The van der Waals surface area contributed by atoms with Crippen molar-refractivity contribution in [3.8, 4) is 6.07 Å². The van der Waals surface area contributed by atoms with Gasteiger partial charge in [-0.05, 0) is 35.4 Å². The molecule has 2 nitrogen and oxygen atoms in total. The Hall–Kier alpha value is -1.98. The average molecular weight is 269 g/mol. The van der Waals surface area contributed by atoms with Crippen molar-refractivity contribution in [2.75, 3.05) is 5.32 Å². The van der Waals surface area contributed by atoms with Crippen LogP contribution in [0.3, 0.4) is 0 Å².